The van der Waals surface area contributed by atoms with Crippen LogP contribution in [0.2, 0.25) is 10.0 Å². The molecule has 2 heterocycles. The van der Waals surface area contributed by atoms with Gasteiger partial charge >= 0.3 is 0 Å². The number of ether oxygens (including phenoxy) is 2. The summed E-state index contributed by atoms with van der Waals surface area (Å²) in [6.07, 6.45) is 1.60. The number of amides is 1. The van der Waals surface area contributed by atoms with Gasteiger partial charge in [-0.15, -0.1) is 0 Å². The predicted octanol–water partition coefficient (Wildman–Crippen LogP) is 4.02. The number of likely N-dealkylation sites (tertiary alicyclic amines) is 1. The molecular formula is C21H22Cl2N2O5S. The van der Waals surface area contributed by atoms with Crippen LogP contribution in [-0.2, 0) is 19.5 Å². The summed E-state index contributed by atoms with van der Waals surface area (Å²) >= 11 is 11.9. The maximum Gasteiger partial charge on any atom is 0.263 e. The van der Waals surface area contributed by atoms with E-state index in [0.29, 0.717) is 37.6 Å². The van der Waals surface area contributed by atoms with Crippen LogP contribution in [0.5, 0.6) is 0 Å². The number of benzene rings is 2. The molecule has 31 heavy (non-hydrogen) atoms. The van der Waals surface area contributed by atoms with E-state index < -0.39 is 10.0 Å². The summed E-state index contributed by atoms with van der Waals surface area (Å²) in [5.74, 6) is 0.0590. The van der Waals surface area contributed by atoms with Gasteiger partial charge in [0.15, 0.2) is 6.29 Å². The maximum atomic E-state index is 12.9. The van der Waals surface area contributed by atoms with Gasteiger partial charge < -0.3 is 14.4 Å². The molecule has 1 N–H and O–H groups in total. The molecule has 1 atom stereocenters. The third kappa shape index (κ3) is 5.15. The molecule has 1 amide bonds. The Hall–Kier alpha value is -1.84. The minimum absolute atomic E-state index is 0.0681. The molecule has 0 bridgehead atoms. The van der Waals surface area contributed by atoms with Gasteiger partial charge in [0.25, 0.3) is 15.9 Å². The smallest absolute Gasteiger partial charge is 0.263 e. The predicted molar refractivity (Wildman–Crippen MR) is 118 cm³/mol. The van der Waals surface area contributed by atoms with Crippen molar-refractivity contribution in [2.45, 2.75) is 24.0 Å². The van der Waals surface area contributed by atoms with E-state index in [-0.39, 0.29) is 33.1 Å². The molecule has 2 saturated heterocycles. The van der Waals surface area contributed by atoms with E-state index in [2.05, 4.69) is 4.72 Å². The van der Waals surface area contributed by atoms with Gasteiger partial charge in [-0.2, -0.15) is 0 Å². The summed E-state index contributed by atoms with van der Waals surface area (Å²) in [5, 5.41) is 0.331. The van der Waals surface area contributed by atoms with Crippen molar-refractivity contribution in [3.8, 4) is 0 Å². The number of sulfonamides is 1. The average molecular weight is 485 g/mol. The minimum atomic E-state index is -3.93. The zero-order valence-electron chi connectivity index (χ0n) is 16.6. The fourth-order valence-electron chi connectivity index (χ4n) is 3.82. The molecule has 1 unspecified atom stereocenters. The third-order valence-electron chi connectivity index (χ3n) is 5.34. The molecule has 4 rings (SSSR count). The highest BCUT2D eigenvalue weighted by molar-refractivity contribution is 7.92. The van der Waals surface area contributed by atoms with E-state index >= 15 is 0 Å². The number of hydrogen-bond donors (Lipinski definition) is 1. The first kappa shape index (κ1) is 22.4. The number of anilines is 1. The lowest BCUT2D eigenvalue weighted by Gasteiger charge is -2.34. The SMILES string of the molecule is O=C(c1ccc(NS(=O)(=O)c2cc(Cl)ccc2Cl)cc1)N1CCCC(C2OCCO2)C1. The number of piperidine rings is 1. The van der Waals surface area contributed by atoms with Gasteiger partial charge in [-0.25, -0.2) is 8.42 Å². The Morgan fingerprint density at radius 3 is 2.48 bits per heavy atom. The van der Waals surface area contributed by atoms with Gasteiger partial charge in [0.1, 0.15) is 4.90 Å². The standard InChI is InChI=1S/C21H22Cl2N2O5S/c22-16-5-8-18(23)19(12-16)31(27,28)24-17-6-3-14(4-7-17)20(26)25-9-1-2-15(13-25)21-29-10-11-30-21/h3-8,12,15,21,24H,1-2,9-11,13H2. The number of nitrogens with one attached hydrogen (secondary N) is 1. The van der Waals surface area contributed by atoms with Gasteiger partial charge in [-0.3, -0.25) is 9.52 Å². The van der Waals surface area contributed by atoms with Gasteiger partial charge in [0.05, 0.1) is 18.2 Å². The molecule has 2 aliphatic heterocycles. The Balaban J connectivity index is 1.44. The molecule has 2 aromatic carbocycles. The lowest BCUT2D eigenvalue weighted by molar-refractivity contribution is -0.0969. The molecule has 166 valence electrons. The van der Waals surface area contributed by atoms with Crippen LogP contribution >= 0.6 is 23.2 Å². The Morgan fingerprint density at radius 2 is 1.77 bits per heavy atom. The fourth-order valence-corrected chi connectivity index (χ4v) is 5.64. The van der Waals surface area contributed by atoms with Crippen LogP contribution in [0.25, 0.3) is 0 Å². The highest BCUT2D eigenvalue weighted by atomic mass is 35.5. The van der Waals surface area contributed by atoms with E-state index in [0.717, 1.165) is 12.8 Å². The molecule has 2 aromatic rings. The van der Waals surface area contributed by atoms with E-state index in [4.69, 9.17) is 32.7 Å². The topological polar surface area (TPSA) is 84.9 Å². The quantitative estimate of drug-likeness (QED) is 0.692. The molecule has 0 aliphatic carbocycles. The van der Waals surface area contributed by atoms with Crippen molar-refractivity contribution in [3.05, 3.63) is 58.1 Å². The van der Waals surface area contributed by atoms with Gasteiger partial charge in [-0.05, 0) is 55.3 Å². The monoisotopic (exact) mass is 484 g/mol. The zero-order valence-corrected chi connectivity index (χ0v) is 18.9. The van der Waals surface area contributed by atoms with Crippen LogP contribution in [0.3, 0.4) is 0 Å². The van der Waals surface area contributed by atoms with Crippen molar-refractivity contribution in [2.75, 3.05) is 31.0 Å². The highest BCUT2D eigenvalue weighted by Gasteiger charge is 2.33. The first-order chi connectivity index (χ1) is 14.8. The molecule has 0 aromatic heterocycles. The van der Waals surface area contributed by atoms with Gasteiger partial charge in [-0.1, -0.05) is 23.2 Å². The Labute approximate surface area is 191 Å². The van der Waals surface area contributed by atoms with E-state index in [1.54, 1.807) is 29.2 Å². The molecule has 2 fully saturated rings. The lowest BCUT2D eigenvalue weighted by Crippen LogP contribution is -2.43. The second-order valence-corrected chi connectivity index (χ2v) is 10.0. The minimum Gasteiger partial charge on any atom is -0.350 e. The largest absolute Gasteiger partial charge is 0.350 e. The van der Waals surface area contributed by atoms with Crippen LogP contribution < -0.4 is 4.72 Å². The van der Waals surface area contributed by atoms with Crippen LogP contribution in [0, 0.1) is 5.92 Å². The summed E-state index contributed by atoms with van der Waals surface area (Å²) < 4.78 is 39.0. The highest BCUT2D eigenvalue weighted by Crippen LogP contribution is 2.28. The number of nitrogens with zero attached hydrogens (tertiary/aromatic N) is 1. The van der Waals surface area contributed by atoms with Crippen molar-refractivity contribution in [1.29, 1.82) is 0 Å². The van der Waals surface area contributed by atoms with Crippen LogP contribution in [0.1, 0.15) is 23.2 Å². The number of carbonyl (C=O) groups is 1. The van der Waals surface area contributed by atoms with Crippen molar-refractivity contribution >= 4 is 44.8 Å². The molecule has 0 saturated carbocycles. The number of rotatable bonds is 5. The van der Waals surface area contributed by atoms with E-state index in [1.807, 2.05) is 0 Å². The molecule has 0 radical (unpaired) electrons. The normalized spacial score (nSPS) is 20.1. The number of carbonyl (C=O) groups excluding carboxylic acids is 1. The maximum absolute atomic E-state index is 12.9. The van der Waals surface area contributed by atoms with Crippen molar-refractivity contribution in [2.24, 2.45) is 5.92 Å². The lowest BCUT2D eigenvalue weighted by atomic mass is 9.96. The molecule has 10 heteroatoms. The van der Waals surface area contributed by atoms with Crippen LogP contribution in [-0.4, -0.2) is 51.8 Å². The van der Waals surface area contributed by atoms with Gasteiger partial charge in [0, 0.05) is 35.3 Å². The molecule has 7 nitrogen and oxygen atoms in total. The molecule has 2 aliphatic rings. The summed E-state index contributed by atoms with van der Waals surface area (Å²) in [6.45, 7) is 2.43. The molecule has 0 spiro atoms. The van der Waals surface area contributed by atoms with Crippen molar-refractivity contribution in [1.82, 2.24) is 4.90 Å². The zero-order chi connectivity index (χ0) is 22.0. The second kappa shape index (κ2) is 9.34. The van der Waals surface area contributed by atoms with Crippen molar-refractivity contribution < 1.29 is 22.7 Å². The third-order valence-corrected chi connectivity index (χ3v) is 7.44. The fraction of sp³-hybridized carbons (Fsp3) is 0.381. The summed E-state index contributed by atoms with van der Waals surface area (Å²) in [5.41, 5.74) is 0.800. The van der Waals surface area contributed by atoms with Crippen LogP contribution in [0.15, 0.2) is 47.4 Å². The Bertz CT molecular complexity index is 1060. The number of hydrogen-bond acceptors (Lipinski definition) is 5. The Kier molecular flexibility index (Phi) is 6.74. The molecular weight excluding hydrogens is 463 g/mol. The number of halogens is 2. The first-order valence-corrected chi connectivity index (χ1v) is 12.2. The second-order valence-electron chi connectivity index (χ2n) is 7.52. The van der Waals surface area contributed by atoms with Gasteiger partial charge in [0.2, 0.25) is 0 Å². The summed E-state index contributed by atoms with van der Waals surface area (Å²) in [4.78, 5) is 14.6. The average Bonchev–Trinajstić information content (AvgIpc) is 3.30. The Morgan fingerprint density at radius 1 is 1.06 bits per heavy atom. The summed E-state index contributed by atoms with van der Waals surface area (Å²) in [7, 11) is -3.93. The van der Waals surface area contributed by atoms with Crippen LogP contribution in [0.4, 0.5) is 5.69 Å². The van der Waals surface area contributed by atoms with Crippen molar-refractivity contribution in [3.63, 3.8) is 0 Å². The van der Waals surface area contributed by atoms with E-state index in [1.165, 1.54) is 18.2 Å². The summed E-state index contributed by atoms with van der Waals surface area (Å²) in [6, 6.07) is 10.5. The van der Waals surface area contributed by atoms with E-state index in [9.17, 15) is 13.2 Å². The first-order valence-electron chi connectivity index (χ1n) is 9.94.